The molecule has 2 fully saturated rings. The highest BCUT2D eigenvalue weighted by atomic mass is 35.5. The molecule has 4 atom stereocenters. The minimum absolute atomic E-state index is 0.0486. The number of hydrogen-bond acceptors (Lipinski definition) is 2. The molecular formula is C19H17Cl2NO2. The van der Waals surface area contributed by atoms with Crippen molar-refractivity contribution >= 4 is 40.7 Å². The highest BCUT2D eigenvalue weighted by Crippen LogP contribution is 2.57. The summed E-state index contributed by atoms with van der Waals surface area (Å²) in [5.74, 6) is -0.786. The molecule has 3 nitrogen and oxygen atoms in total. The second-order valence-corrected chi connectivity index (χ2v) is 7.53. The Labute approximate surface area is 150 Å². The Morgan fingerprint density at radius 1 is 1.08 bits per heavy atom. The highest BCUT2D eigenvalue weighted by molar-refractivity contribution is 6.38. The van der Waals surface area contributed by atoms with Gasteiger partial charge in [-0.3, -0.25) is 9.59 Å². The van der Waals surface area contributed by atoms with E-state index in [1.807, 2.05) is 0 Å². The first kappa shape index (κ1) is 15.9. The molecule has 4 unspecified atom stereocenters. The van der Waals surface area contributed by atoms with Gasteiger partial charge >= 0.3 is 0 Å². The number of benzene rings is 1. The molecule has 124 valence electrons. The lowest BCUT2D eigenvalue weighted by Crippen LogP contribution is -2.33. The van der Waals surface area contributed by atoms with Gasteiger partial charge in [-0.15, -0.1) is 0 Å². The second-order valence-electron chi connectivity index (χ2n) is 6.68. The van der Waals surface area contributed by atoms with Gasteiger partial charge in [0, 0.05) is 16.9 Å². The molecule has 24 heavy (non-hydrogen) atoms. The van der Waals surface area contributed by atoms with E-state index in [2.05, 4.69) is 26.0 Å². The number of nitrogens with zero attached hydrogens (tertiary/aromatic N) is 1. The van der Waals surface area contributed by atoms with Crippen molar-refractivity contribution in [3.8, 4) is 0 Å². The number of imide groups is 1. The van der Waals surface area contributed by atoms with Crippen molar-refractivity contribution in [2.24, 2.45) is 23.7 Å². The molecule has 1 saturated carbocycles. The van der Waals surface area contributed by atoms with Gasteiger partial charge in [0.05, 0.1) is 22.5 Å². The second kappa shape index (κ2) is 5.47. The number of allylic oxidation sites excluding steroid dienone is 4. The predicted molar refractivity (Wildman–Crippen MR) is 95.0 cm³/mol. The third-order valence-corrected chi connectivity index (χ3v) is 6.13. The summed E-state index contributed by atoms with van der Waals surface area (Å²) in [4.78, 5) is 27.3. The summed E-state index contributed by atoms with van der Waals surface area (Å²) in [6, 6.07) is 4.86. The van der Waals surface area contributed by atoms with E-state index in [1.54, 1.807) is 18.2 Å². The molecule has 0 spiro atoms. The normalized spacial score (nSPS) is 30.5. The van der Waals surface area contributed by atoms with Gasteiger partial charge in [0.1, 0.15) is 0 Å². The molecule has 2 bridgehead atoms. The standard InChI is InChI=1S/C19H17Cl2NO2/c1-3-9(2)15-11-5-6-12(15)17-16(11)18(23)22(19(17)24)14-7-4-10(20)8-13(14)21/h4-8,11-12,16-17H,3H2,1-2H3. The minimum Gasteiger partial charge on any atom is -0.274 e. The van der Waals surface area contributed by atoms with E-state index in [4.69, 9.17) is 23.2 Å². The molecule has 1 aromatic rings. The van der Waals surface area contributed by atoms with Crippen LogP contribution in [0.3, 0.4) is 0 Å². The Morgan fingerprint density at radius 2 is 1.67 bits per heavy atom. The number of carbonyl (C=O) groups is 2. The van der Waals surface area contributed by atoms with Gasteiger partial charge in [-0.05, 0) is 31.5 Å². The quantitative estimate of drug-likeness (QED) is 0.568. The highest BCUT2D eigenvalue weighted by Gasteiger charge is 2.62. The first-order valence-corrected chi connectivity index (χ1v) is 8.92. The zero-order valence-electron chi connectivity index (χ0n) is 13.4. The lowest BCUT2D eigenvalue weighted by atomic mass is 9.85. The van der Waals surface area contributed by atoms with Gasteiger partial charge in [0.2, 0.25) is 11.8 Å². The van der Waals surface area contributed by atoms with Crippen LogP contribution in [0.25, 0.3) is 0 Å². The largest absolute Gasteiger partial charge is 0.274 e. The Morgan fingerprint density at radius 3 is 2.17 bits per heavy atom. The maximum Gasteiger partial charge on any atom is 0.238 e. The number of rotatable bonds is 2. The Hall–Kier alpha value is -1.58. The number of amides is 2. The van der Waals surface area contributed by atoms with E-state index in [0.29, 0.717) is 15.7 Å². The minimum atomic E-state index is -0.296. The van der Waals surface area contributed by atoms with Crippen LogP contribution in [0, 0.1) is 23.7 Å². The van der Waals surface area contributed by atoms with E-state index in [-0.39, 0.29) is 35.5 Å². The molecule has 2 aliphatic carbocycles. The molecule has 0 N–H and O–H groups in total. The number of fused-ring (bicyclic) bond motifs is 5. The fraction of sp³-hybridized carbons (Fsp3) is 0.368. The molecule has 1 aromatic carbocycles. The lowest BCUT2D eigenvalue weighted by molar-refractivity contribution is -0.122. The van der Waals surface area contributed by atoms with E-state index >= 15 is 0 Å². The Bertz CT molecular complexity index is 793. The molecule has 4 rings (SSSR count). The average molecular weight is 362 g/mol. The van der Waals surface area contributed by atoms with Crippen LogP contribution in [-0.2, 0) is 9.59 Å². The molecule has 1 saturated heterocycles. The zero-order chi connectivity index (χ0) is 17.2. The first-order chi connectivity index (χ1) is 11.5. The molecule has 5 heteroatoms. The Kier molecular flexibility index (Phi) is 3.63. The molecule has 3 aliphatic rings. The summed E-state index contributed by atoms with van der Waals surface area (Å²) in [7, 11) is 0. The zero-order valence-corrected chi connectivity index (χ0v) is 14.9. The van der Waals surface area contributed by atoms with Crippen molar-refractivity contribution < 1.29 is 9.59 Å². The van der Waals surface area contributed by atoms with Gasteiger partial charge in [0.15, 0.2) is 0 Å². The summed E-state index contributed by atoms with van der Waals surface area (Å²) in [5.41, 5.74) is 3.00. The van der Waals surface area contributed by atoms with Crippen LogP contribution in [0.5, 0.6) is 0 Å². The van der Waals surface area contributed by atoms with Crippen molar-refractivity contribution in [1.29, 1.82) is 0 Å². The molecule has 2 amide bonds. The number of anilines is 1. The van der Waals surface area contributed by atoms with Crippen molar-refractivity contribution in [3.05, 3.63) is 51.5 Å². The average Bonchev–Trinajstić information content (AvgIpc) is 3.18. The summed E-state index contributed by atoms with van der Waals surface area (Å²) in [5, 5.41) is 0.804. The van der Waals surface area contributed by atoms with Crippen LogP contribution in [0.15, 0.2) is 41.5 Å². The molecule has 0 radical (unpaired) electrons. The van der Waals surface area contributed by atoms with Crippen LogP contribution in [0.1, 0.15) is 20.3 Å². The van der Waals surface area contributed by atoms with Crippen LogP contribution < -0.4 is 4.90 Å². The summed E-state index contributed by atoms with van der Waals surface area (Å²) < 4.78 is 0. The fourth-order valence-electron chi connectivity index (χ4n) is 4.44. The lowest BCUT2D eigenvalue weighted by Gasteiger charge is -2.20. The van der Waals surface area contributed by atoms with Crippen molar-refractivity contribution in [2.45, 2.75) is 20.3 Å². The smallest absolute Gasteiger partial charge is 0.238 e. The van der Waals surface area contributed by atoms with Crippen LogP contribution in [-0.4, -0.2) is 11.8 Å². The van der Waals surface area contributed by atoms with Crippen LogP contribution in [0.4, 0.5) is 5.69 Å². The molecule has 1 heterocycles. The summed E-state index contributed by atoms with van der Waals surface area (Å²) >= 11 is 12.2. The van der Waals surface area contributed by atoms with Crippen LogP contribution >= 0.6 is 23.2 Å². The fourth-order valence-corrected chi connectivity index (χ4v) is 4.93. The van der Waals surface area contributed by atoms with E-state index in [9.17, 15) is 9.59 Å². The van der Waals surface area contributed by atoms with Gasteiger partial charge in [0.25, 0.3) is 0 Å². The number of hydrogen-bond donors (Lipinski definition) is 0. The maximum atomic E-state index is 13.0. The molecule has 1 aliphatic heterocycles. The SMILES string of the molecule is CCC(C)=C1C2C=CC1C1C(=O)N(c3ccc(Cl)cc3Cl)C(=O)C21. The summed E-state index contributed by atoms with van der Waals surface area (Å²) in [6.07, 6.45) is 5.13. The Balaban J connectivity index is 1.77. The predicted octanol–water partition coefficient (Wildman–Crippen LogP) is 4.64. The van der Waals surface area contributed by atoms with Gasteiger partial charge in [-0.25, -0.2) is 4.90 Å². The monoisotopic (exact) mass is 361 g/mol. The van der Waals surface area contributed by atoms with E-state index < -0.39 is 0 Å². The van der Waals surface area contributed by atoms with Crippen molar-refractivity contribution in [2.75, 3.05) is 4.90 Å². The molecular weight excluding hydrogens is 345 g/mol. The van der Waals surface area contributed by atoms with Crippen LogP contribution in [0.2, 0.25) is 10.0 Å². The first-order valence-electron chi connectivity index (χ1n) is 8.16. The van der Waals surface area contributed by atoms with Gasteiger partial charge in [-0.2, -0.15) is 0 Å². The van der Waals surface area contributed by atoms with Gasteiger partial charge < -0.3 is 0 Å². The molecule has 0 aromatic heterocycles. The van der Waals surface area contributed by atoms with E-state index in [0.717, 1.165) is 6.42 Å². The van der Waals surface area contributed by atoms with Crippen molar-refractivity contribution in [3.63, 3.8) is 0 Å². The summed E-state index contributed by atoms with van der Waals surface area (Å²) in [6.45, 7) is 4.21. The third kappa shape index (κ3) is 1.98. The van der Waals surface area contributed by atoms with Crippen molar-refractivity contribution in [1.82, 2.24) is 0 Å². The number of halogens is 2. The third-order valence-electron chi connectivity index (χ3n) is 5.59. The van der Waals surface area contributed by atoms with Gasteiger partial charge in [-0.1, -0.05) is 53.4 Å². The maximum absolute atomic E-state index is 13.0. The number of carbonyl (C=O) groups excluding carboxylic acids is 2. The topological polar surface area (TPSA) is 37.4 Å². The van der Waals surface area contributed by atoms with E-state index in [1.165, 1.54) is 16.0 Å².